The van der Waals surface area contributed by atoms with E-state index in [2.05, 4.69) is 47.8 Å². The van der Waals surface area contributed by atoms with Crippen molar-refractivity contribution in [1.29, 1.82) is 0 Å². The minimum Gasteiger partial charge on any atom is -0.496 e. The van der Waals surface area contributed by atoms with E-state index in [1.165, 1.54) is 16.7 Å². The van der Waals surface area contributed by atoms with Crippen molar-refractivity contribution in [3.63, 3.8) is 0 Å². The van der Waals surface area contributed by atoms with E-state index in [9.17, 15) is 4.79 Å². The molecule has 0 unspecified atom stereocenters. The molecule has 4 nitrogen and oxygen atoms in total. The molecule has 0 radical (unpaired) electrons. The summed E-state index contributed by atoms with van der Waals surface area (Å²) in [6, 6.07) is 16.8. The number of rotatable bonds is 12. The minimum atomic E-state index is -0.109. The van der Waals surface area contributed by atoms with E-state index in [-0.39, 0.29) is 5.97 Å². The van der Waals surface area contributed by atoms with Crippen LogP contribution in [0.3, 0.4) is 0 Å². The van der Waals surface area contributed by atoms with Gasteiger partial charge in [-0.25, -0.2) is 0 Å². The summed E-state index contributed by atoms with van der Waals surface area (Å²) in [6.45, 7) is 4.06. The molecule has 0 saturated heterocycles. The minimum absolute atomic E-state index is 0.109. The van der Waals surface area contributed by atoms with Gasteiger partial charge >= 0.3 is 5.97 Å². The summed E-state index contributed by atoms with van der Waals surface area (Å²) in [6.07, 6.45) is 4.11. The molecule has 2 aromatic rings. The van der Waals surface area contributed by atoms with Gasteiger partial charge in [0.15, 0.2) is 0 Å². The van der Waals surface area contributed by atoms with Crippen molar-refractivity contribution in [2.75, 3.05) is 20.3 Å². The van der Waals surface area contributed by atoms with Crippen molar-refractivity contribution in [3.05, 3.63) is 65.2 Å². The third kappa shape index (κ3) is 7.43. The lowest BCUT2D eigenvalue weighted by molar-refractivity contribution is -0.143. The van der Waals surface area contributed by atoms with Crippen LogP contribution in [0, 0.1) is 0 Å². The smallest absolute Gasteiger partial charge is 0.305 e. The molecule has 0 fully saturated rings. The molecular weight excluding hydrogens is 338 g/mol. The highest BCUT2D eigenvalue weighted by Gasteiger charge is 2.09. The van der Waals surface area contributed by atoms with E-state index in [0.717, 1.165) is 44.5 Å². The highest BCUT2D eigenvalue weighted by atomic mass is 16.5. The number of esters is 1. The van der Waals surface area contributed by atoms with Gasteiger partial charge in [0.25, 0.3) is 0 Å². The Labute approximate surface area is 162 Å². The number of hydrogen-bond acceptors (Lipinski definition) is 4. The second kappa shape index (κ2) is 12.1. The van der Waals surface area contributed by atoms with Gasteiger partial charge in [0.2, 0.25) is 0 Å². The molecule has 0 aliphatic heterocycles. The molecule has 27 heavy (non-hydrogen) atoms. The van der Waals surface area contributed by atoms with Crippen molar-refractivity contribution >= 4 is 5.97 Å². The van der Waals surface area contributed by atoms with Gasteiger partial charge in [-0.2, -0.15) is 0 Å². The molecule has 146 valence electrons. The van der Waals surface area contributed by atoms with Gasteiger partial charge in [0.1, 0.15) is 5.75 Å². The zero-order valence-corrected chi connectivity index (χ0v) is 16.5. The Morgan fingerprint density at radius 2 is 1.70 bits per heavy atom. The summed E-state index contributed by atoms with van der Waals surface area (Å²) in [4.78, 5) is 11.4. The molecule has 2 rings (SSSR count). The molecule has 0 heterocycles. The number of hydrogen-bond donors (Lipinski definition) is 1. The van der Waals surface area contributed by atoms with Crippen molar-refractivity contribution in [2.24, 2.45) is 0 Å². The average Bonchev–Trinajstić information content (AvgIpc) is 2.69. The average molecular weight is 370 g/mol. The zero-order chi connectivity index (χ0) is 19.3. The summed E-state index contributed by atoms with van der Waals surface area (Å²) >= 11 is 0. The number of aryl methyl sites for hydroxylation is 1. The van der Waals surface area contributed by atoms with Gasteiger partial charge in [0.05, 0.1) is 13.7 Å². The zero-order valence-electron chi connectivity index (χ0n) is 16.5. The van der Waals surface area contributed by atoms with Crippen LogP contribution in [0.1, 0.15) is 42.9 Å². The van der Waals surface area contributed by atoms with E-state index in [1.807, 2.05) is 13.0 Å². The van der Waals surface area contributed by atoms with Crippen molar-refractivity contribution in [1.82, 2.24) is 5.32 Å². The normalized spacial score (nSPS) is 10.6. The topological polar surface area (TPSA) is 47.6 Å². The molecule has 0 aromatic heterocycles. The predicted molar refractivity (Wildman–Crippen MR) is 109 cm³/mol. The first-order valence-electron chi connectivity index (χ1n) is 9.79. The fraction of sp³-hybridized carbons (Fsp3) is 0.435. The lowest BCUT2D eigenvalue weighted by Crippen LogP contribution is -2.17. The summed E-state index contributed by atoms with van der Waals surface area (Å²) in [5, 5.41) is 3.49. The van der Waals surface area contributed by atoms with Crippen LogP contribution in [0.25, 0.3) is 0 Å². The maximum absolute atomic E-state index is 11.4. The van der Waals surface area contributed by atoms with Gasteiger partial charge in [-0.3, -0.25) is 4.79 Å². The van der Waals surface area contributed by atoms with Crippen LogP contribution in [-0.2, 0) is 28.9 Å². The quantitative estimate of drug-likeness (QED) is 0.447. The summed E-state index contributed by atoms with van der Waals surface area (Å²) in [5.41, 5.74) is 3.72. The summed E-state index contributed by atoms with van der Waals surface area (Å²) < 4.78 is 10.7. The van der Waals surface area contributed by atoms with Gasteiger partial charge in [0, 0.05) is 13.0 Å². The molecule has 0 bridgehead atoms. The highest BCUT2D eigenvalue weighted by Crippen LogP contribution is 2.26. The van der Waals surface area contributed by atoms with Crippen molar-refractivity contribution in [2.45, 2.75) is 45.6 Å². The molecule has 0 atom stereocenters. The largest absolute Gasteiger partial charge is 0.496 e. The molecule has 0 saturated carbocycles. The number of methoxy groups -OCH3 is 1. The SMILES string of the molecule is CCOC(=O)CCCCc1cccc(CCNCc2ccccc2)c1OC. The van der Waals surface area contributed by atoms with Crippen molar-refractivity contribution in [3.8, 4) is 5.75 Å². The number of benzene rings is 2. The van der Waals surface area contributed by atoms with Crippen LogP contribution in [0.2, 0.25) is 0 Å². The van der Waals surface area contributed by atoms with E-state index in [0.29, 0.717) is 13.0 Å². The first-order chi connectivity index (χ1) is 13.2. The third-order valence-electron chi connectivity index (χ3n) is 4.51. The first kappa shape index (κ1) is 21.0. The van der Waals surface area contributed by atoms with Crippen LogP contribution >= 0.6 is 0 Å². The third-order valence-corrected chi connectivity index (χ3v) is 4.51. The molecular formula is C23H31NO3. The first-order valence-corrected chi connectivity index (χ1v) is 9.79. The van der Waals surface area contributed by atoms with Crippen LogP contribution in [-0.4, -0.2) is 26.2 Å². The Bertz CT molecular complexity index is 685. The number of ether oxygens (including phenoxy) is 2. The Morgan fingerprint density at radius 1 is 0.963 bits per heavy atom. The lowest BCUT2D eigenvalue weighted by Gasteiger charge is -2.14. The maximum atomic E-state index is 11.4. The van der Waals surface area contributed by atoms with Crippen LogP contribution in [0.4, 0.5) is 0 Å². The summed E-state index contributed by atoms with van der Waals surface area (Å²) in [7, 11) is 1.73. The Hall–Kier alpha value is -2.33. The van der Waals surface area contributed by atoms with Gasteiger partial charge in [-0.15, -0.1) is 0 Å². The van der Waals surface area contributed by atoms with Gasteiger partial charge in [-0.1, -0.05) is 48.5 Å². The second-order valence-electron chi connectivity index (χ2n) is 6.53. The molecule has 0 aliphatic carbocycles. The Balaban J connectivity index is 1.81. The standard InChI is InChI=1S/C23H31NO3/c1-3-27-22(25)15-8-7-12-20-13-9-14-21(23(20)26-2)16-17-24-18-19-10-5-4-6-11-19/h4-6,9-11,13-14,24H,3,7-8,12,15-18H2,1-2H3. The predicted octanol–water partition coefficient (Wildman–Crippen LogP) is 4.30. The monoisotopic (exact) mass is 369 g/mol. The molecule has 2 aromatic carbocycles. The van der Waals surface area contributed by atoms with Crippen molar-refractivity contribution < 1.29 is 14.3 Å². The molecule has 4 heteroatoms. The van der Waals surface area contributed by atoms with E-state index >= 15 is 0 Å². The number of para-hydroxylation sites is 1. The molecule has 0 aliphatic rings. The number of unbranched alkanes of at least 4 members (excludes halogenated alkanes) is 1. The van der Waals surface area contributed by atoms with Crippen LogP contribution < -0.4 is 10.1 Å². The fourth-order valence-corrected chi connectivity index (χ4v) is 3.16. The fourth-order valence-electron chi connectivity index (χ4n) is 3.16. The Kier molecular flexibility index (Phi) is 9.42. The van der Waals surface area contributed by atoms with Crippen LogP contribution in [0.5, 0.6) is 5.75 Å². The molecule has 1 N–H and O–H groups in total. The maximum Gasteiger partial charge on any atom is 0.305 e. The molecule has 0 spiro atoms. The van der Waals surface area contributed by atoms with Crippen LogP contribution in [0.15, 0.2) is 48.5 Å². The lowest BCUT2D eigenvalue weighted by atomic mass is 10.0. The van der Waals surface area contributed by atoms with E-state index in [4.69, 9.17) is 9.47 Å². The van der Waals surface area contributed by atoms with E-state index < -0.39 is 0 Å². The van der Waals surface area contributed by atoms with Gasteiger partial charge in [-0.05, 0) is 55.8 Å². The number of nitrogens with one attached hydrogen (secondary N) is 1. The van der Waals surface area contributed by atoms with E-state index in [1.54, 1.807) is 7.11 Å². The second-order valence-corrected chi connectivity index (χ2v) is 6.53. The Morgan fingerprint density at radius 3 is 2.41 bits per heavy atom. The highest BCUT2D eigenvalue weighted by molar-refractivity contribution is 5.69. The summed E-state index contributed by atoms with van der Waals surface area (Å²) in [5.74, 6) is 0.873. The number of carbonyl (C=O) groups excluding carboxylic acids is 1. The molecule has 0 amide bonds. The number of carbonyl (C=O) groups is 1. The van der Waals surface area contributed by atoms with Gasteiger partial charge < -0.3 is 14.8 Å².